The molecule has 1 aliphatic heterocycles. The third kappa shape index (κ3) is 5.02. The minimum atomic E-state index is -0.472. The zero-order valence-electron chi connectivity index (χ0n) is 11.5. The van der Waals surface area contributed by atoms with Crippen LogP contribution in [0.15, 0.2) is 24.3 Å². The molecule has 114 valence electrons. The van der Waals surface area contributed by atoms with Crippen LogP contribution in [0.4, 0.5) is 10.1 Å². The number of nitrogens with one attached hydrogen (secondary N) is 1. The van der Waals surface area contributed by atoms with Gasteiger partial charge in [-0.15, -0.1) is 11.8 Å². The lowest BCUT2D eigenvalue weighted by Gasteiger charge is -2.26. The fraction of sp³-hybridized carbons (Fsp3) is 0.429. The normalized spacial score (nSPS) is 14.8. The van der Waals surface area contributed by atoms with Crippen LogP contribution in [-0.4, -0.2) is 54.5 Å². The SMILES string of the molecule is O=C(CSCC(=O)N1CCOCC1)Nc1ccccc1F. The molecular weight excluding hydrogens is 295 g/mol. The molecule has 2 rings (SSSR count). The number of halogens is 1. The minimum Gasteiger partial charge on any atom is -0.378 e. The first-order valence-corrected chi connectivity index (χ1v) is 7.80. The van der Waals surface area contributed by atoms with Gasteiger partial charge in [0.05, 0.1) is 30.4 Å². The quantitative estimate of drug-likeness (QED) is 0.892. The molecule has 0 spiro atoms. The topological polar surface area (TPSA) is 58.6 Å². The number of amides is 2. The highest BCUT2D eigenvalue weighted by Crippen LogP contribution is 2.13. The van der Waals surface area contributed by atoms with Gasteiger partial charge < -0.3 is 15.0 Å². The molecule has 1 saturated heterocycles. The fourth-order valence-electron chi connectivity index (χ4n) is 1.88. The summed E-state index contributed by atoms with van der Waals surface area (Å²) < 4.78 is 18.5. The number of hydrogen-bond donors (Lipinski definition) is 1. The molecule has 1 N–H and O–H groups in total. The summed E-state index contributed by atoms with van der Waals surface area (Å²) in [4.78, 5) is 25.3. The summed E-state index contributed by atoms with van der Waals surface area (Å²) in [6, 6.07) is 5.98. The summed E-state index contributed by atoms with van der Waals surface area (Å²) >= 11 is 1.22. The van der Waals surface area contributed by atoms with Gasteiger partial charge in [-0.25, -0.2) is 4.39 Å². The Balaban J connectivity index is 1.69. The molecule has 0 bridgehead atoms. The maximum absolute atomic E-state index is 13.3. The molecule has 0 aliphatic carbocycles. The third-order valence-corrected chi connectivity index (χ3v) is 3.89. The number of benzene rings is 1. The van der Waals surface area contributed by atoms with Gasteiger partial charge in [-0.3, -0.25) is 9.59 Å². The summed E-state index contributed by atoms with van der Waals surface area (Å²) in [6.07, 6.45) is 0. The molecule has 0 unspecified atom stereocenters. The smallest absolute Gasteiger partial charge is 0.234 e. The summed E-state index contributed by atoms with van der Waals surface area (Å²) in [5.74, 6) is -0.433. The summed E-state index contributed by atoms with van der Waals surface area (Å²) in [7, 11) is 0. The van der Waals surface area contributed by atoms with Crippen molar-refractivity contribution in [2.24, 2.45) is 0 Å². The van der Waals surface area contributed by atoms with Crippen molar-refractivity contribution in [3.8, 4) is 0 Å². The second kappa shape index (κ2) is 7.99. The zero-order valence-corrected chi connectivity index (χ0v) is 12.3. The number of nitrogens with zero attached hydrogens (tertiary/aromatic N) is 1. The first-order valence-electron chi connectivity index (χ1n) is 6.64. The maximum atomic E-state index is 13.3. The Morgan fingerprint density at radius 3 is 2.67 bits per heavy atom. The highest BCUT2D eigenvalue weighted by Gasteiger charge is 2.17. The Morgan fingerprint density at radius 1 is 1.24 bits per heavy atom. The van der Waals surface area contributed by atoms with Gasteiger partial charge in [0.1, 0.15) is 5.82 Å². The van der Waals surface area contributed by atoms with Crippen LogP contribution in [0.3, 0.4) is 0 Å². The average molecular weight is 312 g/mol. The lowest BCUT2D eigenvalue weighted by Crippen LogP contribution is -2.41. The molecule has 5 nitrogen and oxygen atoms in total. The van der Waals surface area contributed by atoms with Crippen LogP contribution in [0.5, 0.6) is 0 Å². The van der Waals surface area contributed by atoms with Crippen LogP contribution in [0.2, 0.25) is 0 Å². The van der Waals surface area contributed by atoms with Gasteiger partial charge in [0, 0.05) is 13.1 Å². The largest absolute Gasteiger partial charge is 0.378 e. The molecule has 0 atom stereocenters. The van der Waals surface area contributed by atoms with Crippen LogP contribution in [0.25, 0.3) is 0 Å². The van der Waals surface area contributed by atoms with Crippen molar-refractivity contribution in [3.63, 3.8) is 0 Å². The Kier molecular flexibility index (Phi) is 6.01. The molecule has 1 aliphatic rings. The first-order chi connectivity index (χ1) is 10.2. The number of ether oxygens (including phenoxy) is 1. The first kappa shape index (κ1) is 15.8. The van der Waals surface area contributed by atoms with Crippen molar-refractivity contribution in [1.29, 1.82) is 0 Å². The standard InChI is InChI=1S/C14H17FN2O3S/c15-11-3-1-2-4-12(11)16-13(18)9-21-10-14(19)17-5-7-20-8-6-17/h1-4H,5-10H2,(H,16,18). The lowest BCUT2D eigenvalue weighted by molar-refractivity contribution is -0.132. The molecule has 7 heteroatoms. The fourth-order valence-corrected chi connectivity index (χ4v) is 2.60. The Hall–Kier alpha value is -1.60. The van der Waals surface area contributed by atoms with E-state index in [1.54, 1.807) is 17.0 Å². The summed E-state index contributed by atoms with van der Waals surface area (Å²) in [6.45, 7) is 2.32. The predicted octanol–water partition coefficient (Wildman–Crippen LogP) is 1.36. The van der Waals surface area contributed by atoms with Crippen LogP contribution in [0.1, 0.15) is 0 Å². The number of para-hydroxylation sites is 1. The lowest BCUT2D eigenvalue weighted by atomic mass is 10.3. The van der Waals surface area contributed by atoms with E-state index >= 15 is 0 Å². The van der Waals surface area contributed by atoms with Crippen LogP contribution in [-0.2, 0) is 14.3 Å². The average Bonchev–Trinajstić information content (AvgIpc) is 2.50. The molecule has 1 heterocycles. The van der Waals surface area contributed by atoms with Crippen molar-refractivity contribution in [1.82, 2.24) is 4.90 Å². The summed E-state index contributed by atoms with van der Waals surface area (Å²) in [5.41, 5.74) is 0.155. The molecule has 1 aromatic rings. The number of rotatable bonds is 5. The molecule has 0 saturated carbocycles. The molecule has 1 aromatic carbocycles. The molecule has 0 radical (unpaired) electrons. The Bertz CT molecular complexity index is 507. The zero-order chi connectivity index (χ0) is 15.1. The molecule has 0 aromatic heterocycles. The van der Waals surface area contributed by atoms with Gasteiger partial charge in [0.2, 0.25) is 11.8 Å². The third-order valence-electron chi connectivity index (χ3n) is 2.97. The highest BCUT2D eigenvalue weighted by molar-refractivity contribution is 8.00. The molecule has 21 heavy (non-hydrogen) atoms. The van der Waals surface area contributed by atoms with Gasteiger partial charge in [0.25, 0.3) is 0 Å². The van der Waals surface area contributed by atoms with E-state index in [0.717, 1.165) is 0 Å². The van der Waals surface area contributed by atoms with Crippen LogP contribution >= 0.6 is 11.8 Å². The number of thioether (sulfide) groups is 1. The number of anilines is 1. The van der Waals surface area contributed by atoms with Crippen molar-refractivity contribution in [3.05, 3.63) is 30.1 Å². The van der Waals surface area contributed by atoms with E-state index in [4.69, 9.17) is 4.74 Å². The number of carbonyl (C=O) groups excluding carboxylic acids is 2. The molecule has 1 fully saturated rings. The van der Waals surface area contributed by atoms with Crippen molar-refractivity contribution >= 4 is 29.3 Å². The number of carbonyl (C=O) groups is 2. The van der Waals surface area contributed by atoms with E-state index in [2.05, 4.69) is 5.32 Å². The van der Waals surface area contributed by atoms with E-state index in [0.29, 0.717) is 26.3 Å². The predicted molar refractivity (Wildman–Crippen MR) is 79.8 cm³/mol. The monoisotopic (exact) mass is 312 g/mol. The molecular formula is C14H17FN2O3S. The highest BCUT2D eigenvalue weighted by atomic mass is 32.2. The van der Waals surface area contributed by atoms with E-state index < -0.39 is 5.82 Å². The van der Waals surface area contributed by atoms with E-state index in [1.807, 2.05) is 0 Å². The van der Waals surface area contributed by atoms with Crippen LogP contribution < -0.4 is 5.32 Å². The molecule has 2 amide bonds. The van der Waals surface area contributed by atoms with Gasteiger partial charge in [0.15, 0.2) is 0 Å². The van der Waals surface area contributed by atoms with Gasteiger partial charge >= 0.3 is 0 Å². The van der Waals surface area contributed by atoms with Crippen LogP contribution in [0, 0.1) is 5.82 Å². The van der Waals surface area contributed by atoms with Crippen molar-refractivity contribution in [2.75, 3.05) is 43.1 Å². The summed E-state index contributed by atoms with van der Waals surface area (Å²) in [5, 5.41) is 2.48. The van der Waals surface area contributed by atoms with E-state index in [1.165, 1.54) is 23.9 Å². The van der Waals surface area contributed by atoms with Gasteiger partial charge in [-0.05, 0) is 12.1 Å². The number of morpholine rings is 1. The Labute approximate surface area is 126 Å². The second-order valence-corrected chi connectivity index (χ2v) is 5.50. The van der Waals surface area contributed by atoms with E-state index in [-0.39, 0.29) is 29.0 Å². The van der Waals surface area contributed by atoms with Gasteiger partial charge in [-0.1, -0.05) is 12.1 Å². The minimum absolute atomic E-state index is 0.00184. The van der Waals surface area contributed by atoms with E-state index in [9.17, 15) is 14.0 Å². The van der Waals surface area contributed by atoms with Gasteiger partial charge in [-0.2, -0.15) is 0 Å². The maximum Gasteiger partial charge on any atom is 0.234 e. The second-order valence-electron chi connectivity index (χ2n) is 4.51. The van der Waals surface area contributed by atoms with Crippen molar-refractivity contribution in [2.45, 2.75) is 0 Å². The van der Waals surface area contributed by atoms with Crippen molar-refractivity contribution < 1.29 is 18.7 Å². The Morgan fingerprint density at radius 2 is 1.95 bits per heavy atom. The number of hydrogen-bond acceptors (Lipinski definition) is 4.